The molecular formula is C16H15F3N4O. The Kier molecular flexibility index (Phi) is 3.82. The van der Waals surface area contributed by atoms with Crippen LogP contribution in [0.5, 0.6) is 5.88 Å². The van der Waals surface area contributed by atoms with Crippen LogP contribution in [-0.2, 0) is 6.54 Å². The first kappa shape index (κ1) is 16.1. The molecule has 1 aromatic carbocycles. The molecular weight excluding hydrogens is 321 g/mol. The average molecular weight is 336 g/mol. The zero-order valence-corrected chi connectivity index (χ0v) is 13.0. The fourth-order valence-corrected chi connectivity index (χ4v) is 2.60. The van der Waals surface area contributed by atoms with E-state index in [0.717, 1.165) is 4.68 Å². The lowest BCUT2D eigenvalue weighted by atomic mass is 10.1. The van der Waals surface area contributed by atoms with Crippen LogP contribution in [0.15, 0.2) is 36.4 Å². The molecule has 0 spiro atoms. The number of halogens is 3. The summed E-state index contributed by atoms with van der Waals surface area (Å²) in [5, 5.41) is 18.7. The maximum Gasteiger partial charge on any atom is 0.408 e. The van der Waals surface area contributed by atoms with E-state index in [4.69, 9.17) is 0 Å². The summed E-state index contributed by atoms with van der Waals surface area (Å²) in [6.07, 6.45) is -4.41. The lowest BCUT2D eigenvalue weighted by molar-refractivity contribution is -0.142. The van der Waals surface area contributed by atoms with Gasteiger partial charge >= 0.3 is 6.18 Å². The van der Waals surface area contributed by atoms with Crippen LogP contribution >= 0.6 is 0 Å². The van der Waals surface area contributed by atoms with E-state index < -0.39 is 12.7 Å². The number of aromatic nitrogens is 4. The number of para-hydroxylation sites is 1. The topological polar surface area (TPSA) is 55.9 Å². The normalized spacial score (nSPS) is 11.9. The molecule has 2 heterocycles. The molecule has 0 aliphatic rings. The number of nitrogens with zero attached hydrogens (tertiary/aromatic N) is 4. The largest absolute Gasteiger partial charge is 0.493 e. The number of aromatic hydroxyl groups is 1. The molecule has 8 heteroatoms. The average Bonchev–Trinajstić information content (AvgIpc) is 2.98. The number of hydrogen-bond donors (Lipinski definition) is 1. The van der Waals surface area contributed by atoms with Gasteiger partial charge in [0, 0.05) is 0 Å². The zero-order valence-electron chi connectivity index (χ0n) is 13.0. The van der Waals surface area contributed by atoms with Crippen LogP contribution < -0.4 is 0 Å². The highest BCUT2D eigenvalue weighted by atomic mass is 19.4. The molecule has 1 N–H and O–H groups in total. The van der Waals surface area contributed by atoms with Crippen LogP contribution in [0.1, 0.15) is 11.4 Å². The van der Waals surface area contributed by atoms with Crippen molar-refractivity contribution in [2.24, 2.45) is 0 Å². The first-order valence-electron chi connectivity index (χ1n) is 7.22. The van der Waals surface area contributed by atoms with Gasteiger partial charge in [0.15, 0.2) is 0 Å². The monoisotopic (exact) mass is 336 g/mol. The summed E-state index contributed by atoms with van der Waals surface area (Å²) in [6, 6.07) is 10.4. The SMILES string of the molecule is Cc1cc(-c2c(C)nn(-c3ccccc3)c2O)n(CC(F)(F)F)n1. The molecule has 0 saturated heterocycles. The highest BCUT2D eigenvalue weighted by Crippen LogP contribution is 2.35. The van der Waals surface area contributed by atoms with Gasteiger partial charge in [0.2, 0.25) is 5.88 Å². The van der Waals surface area contributed by atoms with Crippen LogP contribution in [0, 0.1) is 13.8 Å². The molecule has 0 fully saturated rings. The van der Waals surface area contributed by atoms with Gasteiger partial charge in [-0.05, 0) is 32.0 Å². The quantitative estimate of drug-likeness (QED) is 0.795. The molecule has 0 unspecified atom stereocenters. The molecule has 0 aliphatic carbocycles. The van der Waals surface area contributed by atoms with Crippen LogP contribution in [0.4, 0.5) is 13.2 Å². The maximum atomic E-state index is 12.8. The second-order valence-electron chi connectivity index (χ2n) is 5.48. The molecule has 126 valence electrons. The molecule has 0 atom stereocenters. The van der Waals surface area contributed by atoms with Gasteiger partial charge in [0.25, 0.3) is 0 Å². The van der Waals surface area contributed by atoms with E-state index in [1.165, 1.54) is 10.7 Å². The van der Waals surface area contributed by atoms with Gasteiger partial charge in [0.1, 0.15) is 6.54 Å². The molecule has 0 amide bonds. The number of rotatable bonds is 3. The Morgan fingerprint density at radius 1 is 1.08 bits per heavy atom. The van der Waals surface area contributed by atoms with Crippen molar-refractivity contribution in [1.29, 1.82) is 0 Å². The number of alkyl halides is 3. The van der Waals surface area contributed by atoms with Crippen molar-refractivity contribution in [2.45, 2.75) is 26.6 Å². The second-order valence-corrected chi connectivity index (χ2v) is 5.48. The summed E-state index contributed by atoms with van der Waals surface area (Å²) < 4.78 is 40.5. The molecule has 0 aliphatic heterocycles. The Labute approximate surface area is 136 Å². The smallest absolute Gasteiger partial charge is 0.408 e. The first-order chi connectivity index (χ1) is 11.3. The van der Waals surface area contributed by atoms with Gasteiger partial charge in [-0.2, -0.15) is 23.4 Å². The minimum atomic E-state index is -4.41. The Hall–Kier alpha value is -2.77. The van der Waals surface area contributed by atoms with E-state index in [-0.39, 0.29) is 17.1 Å². The summed E-state index contributed by atoms with van der Waals surface area (Å²) in [5.74, 6) is -0.220. The minimum Gasteiger partial charge on any atom is -0.493 e. The molecule has 5 nitrogen and oxygen atoms in total. The van der Waals surface area contributed by atoms with Gasteiger partial charge in [-0.25, -0.2) is 4.68 Å². The third-order valence-electron chi connectivity index (χ3n) is 3.52. The predicted molar refractivity (Wildman–Crippen MR) is 82.0 cm³/mol. The summed E-state index contributed by atoms with van der Waals surface area (Å²) in [6.45, 7) is 2.00. The standard InChI is InChI=1S/C16H15F3N4O/c1-10-8-13(22(20-10)9-16(17,18)19)14-11(2)21-23(15(14)24)12-6-4-3-5-7-12/h3-8,24H,9H2,1-2H3. The molecule has 3 rings (SSSR count). The van der Waals surface area contributed by atoms with Crippen LogP contribution in [0.3, 0.4) is 0 Å². The van der Waals surface area contributed by atoms with Crippen LogP contribution in [-0.4, -0.2) is 30.8 Å². The lowest BCUT2D eigenvalue weighted by Crippen LogP contribution is -2.19. The third-order valence-corrected chi connectivity index (χ3v) is 3.52. The van der Waals surface area contributed by atoms with E-state index in [0.29, 0.717) is 17.1 Å². The molecule has 24 heavy (non-hydrogen) atoms. The molecule has 0 radical (unpaired) electrons. The molecule has 0 bridgehead atoms. The van der Waals surface area contributed by atoms with Gasteiger partial charge in [-0.3, -0.25) is 4.68 Å². The highest BCUT2D eigenvalue weighted by Gasteiger charge is 2.31. The van der Waals surface area contributed by atoms with E-state index >= 15 is 0 Å². The van der Waals surface area contributed by atoms with E-state index in [2.05, 4.69) is 10.2 Å². The van der Waals surface area contributed by atoms with E-state index in [1.807, 2.05) is 6.07 Å². The predicted octanol–water partition coefficient (Wildman–Crippen LogP) is 3.62. The van der Waals surface area contributed by atoms with Gasteiger partial charge < -0.3 is 5.11 Å². The highest BCUT2D eigenvalue weighted by molar-refractivity contribution is 5.69. The van der Waals surface area contributed by atoms with Crippen molar-refractivity contribution >= 4 is 0 Å². The van der Waals surface area contributed by atoms with Crippen LogP contribution in [0.2, 0.25) is 0 Å². The number of benzene rings is 1. The van der Waals surface area contributed by atoms with Crippen molar-refractivity contribution in [1.82, 2.24) is 19.6 Å². The van der Waals surface area contributed by atoms with Gasteiger partial charge in [-0.1, -0.05) is 18.2 Å². The second kappa shape index (κ2) is 5.70. The van der Waals surface area contributed by atoms with Crippen molar-refractivity contribution in [2.75, 3.05) is 0 Å². The van der Waals surface area contributed by atoms with E-state index in [9.17, 15) is 18.3 Å². The van der Waals surface area contributed by atoms with Gasteiger partial charge in [0.05, 0.1) is 28.3 Å². The molecule has 0 saturated carbocycles. The lowest BCUT2D eigenvalue weighted by Gasteiger charge is -2.10. The van der Waals surface area contributed by atoms with Crippen LogP contribution in [0.25, 0.3) is 16.9 Å². The van der Waals surface area contributed by atoms with Crippen molar-refractivity contribution < 1.29 is 18.3 Å². The maximum absolute atomic E-state index is 12.8. The Morgan fingerprint density at radius 2 is 1.75 bits per heavy atom. The number of hydrogen-bond acceptors (Lipinski definition) is 3. The van der Waals surface area contributed by atoms with Crippen molar-refractivity contribution in [3.05, 3.63) is 47.8 Å². The third kappa shape index (κ3) is 2.99. The Morgan fingerprint density at radius 3 is 2.38 bits per heavy atom. The van der Waals surface area contributed by atoms with Gasteiger partial charge in [-0.15, -0.1) is 0 Å². The number of aryl methyl sites for hydroxylation is 2. The molecule has 2 aromatic heterocycles. The summed E-state index contributed by atoms with van der Waals surface area (Å²) in [4.78, 5) is 0. The first-order valence-corrected chi connectivity index (χ1v) is 7.22. The molecule has 3 aromatic rings. The zero-order chi connectivity index (χ0) is 17.5. The Bertz CT molecular complexity index is 866. The Balaban J connectivity index is 2.13. The van der Waals surface area contributed by atoms with E-state index in [1.54, 1.807) is 38.1 Å². The summed E-state index contributed by atoms with van der Waals surface area (Å²) in [7, 11) is 0. The summed E-state index contributed by atoms with van der Waals surface area (Å²) >= 11 is 0. The fraction of sp³-hybridized carbons (Fsp3) is 0.250. The van der Waals surface area contributed by atoms with Crippen molar-refractivity contribution in [3.8, 4) is 22.8 Å². The summed E-state index contributed by atoms with van der Waals surface area (Å²) in [5.41, 5.74) is 1.88. The van der Waals surface area contributed by atoms with Crippen molar-refractivity contribution in [3.63, 3.8) is 0 Å². The minimum absolute atomic E-state index is 0.182. The fourth-order valence-electron chi connectivity index (χ4n) is 2.60.